The largest absolute Gasteiger partial charge is 0.338 e. The second-order valence-corrected chi connectivity index (χ2v) is 5.11. The van der Waals surface area contributed by atoms with Gasteiger partial charge >= 0.3 is 0 Å². The molecule has 1 aliphatic rings. The maximum absolute atomic E-state index is 6.34. The molecule has 1 aliphatic carbocycles. The van der Waals surface area contributed by atoms with Crippen LogP contribution in [0.2, 0.25) is 0 Å². The van der Waals surface area contributed by atoms with Crippen molar-refractivity contribution in [3.63, 3.8) is 0 Å². The number of aromatic nitrogens is 2. The Hall–Kier alpha value is -0.500. The molecular formula is C12H19ClN2. The lowest BCUT2D eigenvalue weighted by atomic mass is 9.85. The Labute approximate surface area is 96.7 Å². The molecule has 2 unspecified atom stereocenters. The standard InChI is InChI=1S/C12H19ClN2/c1-15-9-8-14-12(15)7-6-10-4-2-3-5-11(10)13/h8-11H,2-7H2,1H3. The van der Waals surface area contributed by atoms with Crippen molar-refractivity contribution in [2.75, 3.05) is 0 Å². The lowest BCUT2D eigenvalue weighted by Crippen LogP contribution is -2.20. The first-order valence-corrected chi connectivity index (χ1v) is 6.31. The summed E-state index contributed by atoms with van der Waals surface area (Å²) in [4.78, 5) is 4.35. The van der Waals surface area contributed by atoms with Crippen LogP contribution in [0.5, 0.6) is 0 Å². The highest BCUT2D eigenvalue weighted by Crippen LogP contribution is 2.31. The summed E-state index contributed by atoms with van der Waals surface area (Å²) >= 11 is 6.34. The number of aryl methyl sites for hydroxylation is 2. The number of halogens is 1. The third-order valence-corrected chi connectivity index (χ3v) is 4.05. The Bertz CT molecular complexity index is 308. The molecule has 0 saturated heterocycles. The molecular weight excluding hydrogens is 208 g/mol. The van der Waals surface area contributed by atoms with Crippen LogP contribution in [0.1, 0.15) is 37.9 Å². The van der Waals surface area contributed by atoms with Crippen molar-refractivity contribution in [1.29, 1.82) is 0 Å². The van der Waals surface area contributed by atoms with Gasteiger partial charge in [-0.25, -0.2) is 4.98 Å². The van der Waals surface area contributed by atoms with E-state index in [1.54, 1.807) is 0 Å². The molecule has 0 N–H and O–H groups in total. The minimum absolute atomic E-state index is 0.402. The molecule has 2 nitrogen and oxygen atoms in total. The summed E-state index contributed by atoms with van der Waals surface area (Å²) in [6.45, 7) is 0. The van der Waals surface area contributed by atoms with Crippen LogP contribution in [0.4, 0.5) is 0 Å². The van der Waals surface area contributed by atoms with E-state index in [1.807, 2.05) is 12.4 Å². The Morgan fingerprint density at radius 1 is 1.47 bits per heavy atom. The molecule has 0 aromatic carbocycles. The zero-order valence-corrected chi connectivity index (χ0v) is 10.1. The highest BCUT2D eigenvalue weighted by molar-refractivity contribution is 6.20. The van der Waals surface area contributed by atoms with Gasteiger partial charge in [0.25, 0.3) is 0 Å². The highest BCUT2D eigenvalue weighted by atomic mass is 35.5. The SMILES string of the molecule is Cn1ccnc1CCC1CCCCC1Cl. The molecule has 1 saturated carbocycles. The number of imidazole rings is 1. The van der Waals surface area contributed by atoms with Gasteiger partial charge in [0.2, 0.25) is 0 Å². The normalized spacial score (nSPS) is 26.8. The van der Waals surface area contributed by atoms with Gasteiger partial charge in [-0.3, -0.25) is 0 Å². The summed E-state index contributed by atoms with van der Waals surface area (Å²) in [5.41, 5.74) is 0. The first-order chi connectivity index (χ1) is 7.27. The van der Waals surface area contributed by atoms with Gasteiger partial charge in [-0.05, 0) is 25.2 Å². The number of nitrogens with zero attached hydrogens (tertiary/aromatic N) is 2. The third-order valence-electron chi connectivity index (χ3n) is 3.48. The summed E-state index contributed by atoms with van der Waals surface area (Å²) in [5, 5.41) is 0.402. The molecule has 0 bridgehead atoms. The maximum Gasteiger partial charge on any atom is 0.108 e. The van der Waals surface area contributed by atoms with E-state index in [0.717, 1.165) is 6.42 Å². The number of hydrogen-bond donors (Lipinski definition) is 0. The lowest BCUT2D eigenvalue weighted by molar-refractivity contribution is 0.343. The van der Waals surface area contributed by atoms with Crippen LogP contribution in [0.15, 0.2) is 12.4 Å². The Morgan fingerprint density at radius 2 is 2.27 bits per heavy atom. The molecule has 2 atom stereocenters. The fourth-order valence-electron chi connectivity index (χ4n) is 2.44. The smallest absolute Gasteiger partial charge is 0.108 e. The van der Waals surface area contributed by atoms with Gasteiger partial charge in [-0.1, -0.05) is 12.8 Å². The molecule has 0 spiro atoms. The molecule has 0 amide bonds. The second-order valence-electron chi connectivity index (χ2n) is 4.55. The molecule has 0 radical (unpaired) electrons. The Balaban J connectivity index is 1.84. The second kappa shape index (κ2) is 5.02. The quantitative estimate of drug-likeness (QED) is 0.724. The summed E-state index contributed by atoms with van der Waals surface area (Å²) in [7, 11) is 2.06. The molecule has 1 fully saturated rings. The highest BCUT2D eigenvalue weighted by Gasteiger charge is 2.22. The average Bonchev–Trinajstić information content (AvgIpc) is 2.63. The zero-order chi connectivity index (χ0) is 10.7. The molecule has 2 rings (SSSR count). The number of hydrogen-bond acceptors (Lipinski definition) is 1. The van der Waals surface area contributed by atoms with Crippen molar-refractivity contribution in [2.45, 2.75) is 43.9 Å². The summed E-state index contributed by atoms with van der Waals surface area (Å²) in [5.74, 6) is 1.89. The van der Waals surface area contributed by atoms with E-state index in [2.05, 4.69) is 16.6 Å². The predicted molar refractivity (Wildman–Crippen MR) is 63.1 cm³/mol. The Kier molecular flexibility index (Phi) is 3.68. The van der Waals surface area contributed by atoms with E-state index < -0.39 is 0 Å². The Morgan fingerprint density at radius 3 is 2.93 bits per heavy atom. The van der Waals surface area contributed by atoms with Crippen molar-refractivity contribution >= 4 is 11.6 Å². The van der Waals surface area contributed by atoms with Crippen LogP contribution in [-0.2, 0) is 13.5 Å². The minimum Gasteiger partial charge on any atom is -0.338 e. The third kappa shape index (κ3) is 2.75. The minimum atomic E-state index is 0.402. The van der Waals surface area contributed by atoms with Crippen LogP contribution < -0.4 is 0 Å². The van der Waals surface area contributed by atoms with Crippen LogP contribution in [0, 0.1) is 5.92 Å². The van der Waals surface area contributed by atoms with Crippen molar-refractivity contribution in [1.82, 2.24) is 9.55 Å². The van der Waals surface area contributed by atoms with Gasteiger partial charge in [-0.15, -0.1) is 11.6 Å². The maximum atomic E-state index is 6.34. The van der Waals surface area contributed by atoms with E-state index in [1.165, 1.54) is 37.9 Å². The van der Waals surface area contributed by atoms with Crippen molar-refractivity contribution < 1.29 is 0 Å². The van der Waals surface area contributed by atoms with Crippen molar-refractivity contribution in [3.8, 4) is 0 Å². The van der Waals surface area contributed by atoms with Gasteiger partial charge in [0, 0.05) is 31.2 Å². The topological polar surface area (TPSA) is 17.8 Å². The van der Waals surface area contributed by atoms with Crippen LogP contribution in [0.25, 0.3) is 0 Å². The van der Waals surface area contributed by atoms with E-state index in [0.29, 0.717) is 11.3 Å². The van der Waals surface area contributed by atoms with Gasteiger partial charge in [0.05, 0.1) is 0 Å². The fourth-order valence-corrected chi connectivity index (χ4v) is 2.85. The van der Waals surface area contributed by atoms with E-state index in [4.69, 9.17) is 11.6 Å². The molecule has 84 valence electrons. The van der Waals surface area contributed by atoms with Crippen LogP contribution in [-0.4, -0.2) is 14.9 Å². The molecule has 0 aliphatic heterocycles. The van der Waals surface area contributed by atoms with Crippen LogP contribution in [0.3, 0.4) is 0 Å². The summed E-state index contributed by atoms with van der Waals surface area (Å²) in [6, 6.07) is 0. The van der Waals surface area contributed by atoms with Gasteiger partial charge in [-0.2, -0.15) is 0 Å². The van der Waals surface area contributed by atoms with Gasteiger partial charge in [0.1, 0.15) is 5.82 Å². The molecule has 1 heterocycles. The van der Waals surface area contributed by atoms with E-state index in [-0.39, 0.29) is 0 Å². The predicted octanol–water partition coefficient (Wildman–Crippen LogP) is 3.15. The number of alkyl halides is 1. The molecule has 1 aromatic rings. The van der Waals surface area contributed by atoms with Crippen molar-refractivity contribution in [3.05, 3.63) is 18.2 Å². The monoisotopic (exact) mass is 226 g/mol. The van der Waals surface area contributed by atoms with Gasteiger partial charge < -0.3 is 4.57 Å². The van der Waals surface area contributed by atoms with Gasteiger partial charge in [0.15, 0.2) is 0 Å². The van der Waals surface area contributed by atoms with E-state index in [9.17, 15) is 0 Å². The summed E-state index contributed by atoms with van der Waals surface area (Å²) < 4.78 is 2.10. The lowest BCUT2D eigenvalue weighted by Gasteiger charge is -2.26. The zero-order valence-electron chi connectivity index (χ0n) is 9.32. The molecule has 1 aromatic heterocycles. The first-order valence-electron chi connectivity index (χ1n) is 5.87. The van der Waals surface area contributed by atoms with Crippen LogP contribution >= 0.6 is 11.6 Å². The molecule has 3 heteroatoms. The van der Waals surface area contributed by atoms with E-state index >= 15 is 0 Å². The summed E-state index contributed by atoms with van der Waals surface area (Å²) in [6.07, 6.45) is 11.3. The average molecular weight is 227 g/mol. The first kappa shape index (κ1) is 11.0. The van der Waals surface area contributed by atoms with Crippen molar-refractivity contribution in [2.24, 2.45) is 13.0 Å². The number of rotatable bonds is 3. The molecule has 15 heavy (non-hydrogen) atoms. The fraction of sp³-hybridized carbons (Fsp3) is 0.750.